The van der Waals surface area contributed by atoms with E-state index < -0.39 is 0 Å². The SMILES string of the molecule is c1ncc2ncn(Oc3ccc(On4cnc5cncnc54)cc3)c2n1. The molecule has 4 heterocycles. The molecule has 0 aliphatic rings. The van der Waals surface area contributed by atoms with Crippen molar-refractivity contribution >= 4 is 22.3 Å². The average molecular weight is 346 g/mol. The molecule has 0 fully saturated rings. The lowest BCUT2D eigenvalue weighted by Gasteiger charge is -2.08. The lowest BCUT2D eigenvalue weighted by atomic mass is 10.3. The molecule has 26 heavy (non-hydrogen) atoms. The van der Waals surface area contributed by atoms with Gasteiger partial charge in [0.2, 0.25) is 0 Å². The number of hydrogen-bond acceptors (Lipinski definition) is 8. The summed E-state index contributed by atoms with van der Waals surface area (Å²) in [4.78, 5) is 36.0. The van der Waals surface area contributed by atoms with Gasteiger partial charge in [0, 0.05) is 0 Å². The quantitative estimate of drug-likeness (QED) is 0.484. The molecule has 0 aliphatic carbocycles. The first-order chi connectivity index (χ1) is 12.9. The van der Waals surface area contributed by atoms with E-state index in [9.17, 15) is 0 Å². The topological polar surface area (TPSA) is 106 Å². The fraction of sp³-hybridized carbons (Fsp3) is 0. The molecule has 0 unspecified atom stereocenters. The molecule has 0 aliphatic heterocycles. The van der Waals surface area contributed by atoms with E-state index in [1.807, 2.05) is 0 Å². The van der Waals surface area contributed by atoms with Crippen molar-refractivity contribution in [3.8, 4) is 11.5 Å². The predicted octanol–water partition coefficient (Wildman–Crippen LogP) is 1.65. The monoisotopic (exact) mass is 346 g/mol. The van der Waals surface area contributed by atoms with Gasteiger partial charge in [-0.1, -0.05) is 0 Å². The second-order valence-electron chi connectivity index (χ2n) is 5.26. The maximum absolute atomic E-state index is 5.76. The summed E-state index contributed by atoms with van der Waals surface area (Å²) in [6.07, 6.45) is 9.22. The van der Waals surface area contributed by atoms with E-state index in [0.29, 0.717) is 33.8 Å². The first-order valence-electron chi connectivity index (χ1n) is 7.60. The molecule has 4 aromatic heterocycles. The van der Waals surface area contributed by atoms with Crippen LogP contribution in [-0.4, -0.2) is 39.4 Å². The van der Waals surface area contributed by atoms with Gasteiger partial charge in [0.15, 0.2) is 22.8 Å². The fourth-order valence-corrected chi connectivity index (χ4v) is 2.41. The molecular formula is C16H10N8O2. The van der Waals surface area contributed by atoms with Gasteiger partial charge in [0.1, 0.15) is 36.3 Å². The van der Waals surface area contributed by atoms with E-state index in [-0.39, 0.29) is 0 Å². The van der Waals surface area contributed by atoms with Gasteiger partial charge in [0.05, 0.1) is 12.4 Å². The van der Waals surface area contributed by atoms with Crippen LogP contribution in [-0.2, 0) is 0 Å². The summed E-state index contributed by atoms with van der Waals surface area (Å²) < 4.78 is 2.96. The Kier molecular flexibility index (Phi) is 3.17. The lowest BCUT2D eigenvalue weighted by molar-refractivity contribution is 0.218. The summed E-state index contributed by atoms with van der Waals surface area (Å²) in [5.74, 6) is 1.21. The molecule has 0 N–H and O–H groups in total. The van der Waals surface area contributed by atoms with Gasteiger partial charge >= 0.3 is 0 Å². The Morgan fingerprint density at radius 3 is 1.54 bits per heavy atom. The van der Waals surface area contributed by atoms with Gasteiger partial charge in [0.25, 0.3) is 0 Å². The van der Waals surface area contributed by atoms with Gasteiger partial charge in [-0.15, -0.1) is 9.46 Å². The van der Waals surface area contributed by atoms with Crippen LogP contribution in [0.15, 0.2) is 62.0 Å². The summed E-state index contributed by atoms with van der Waals surface area (Å²) in [7, 11) is 0. The van der Waals surface area contributed by atoms with Crippen molar-refractivity contribution in [3.05, 3.63) is 62.0 Å². The minimum Gasteiger partial charge on any atom is -0.372 e. The Bertz CT molecular complexity index is 1100. The van der Waals surface area contributed by atoms with Gasteiger partial charge in [-0.05, 0) is 24.3 Å². The maximum Gasteiger partial charge on any atom is 0.199 e. The number of hydrogen-bond donors (Lipinski definition) is 0. The van der Waals surface area contributed by atoms with Crippen molar-refractivity contribution in [1.29, 1.82) is 0 Å². The van der Waals surface area contributed by atoms with E-state index >= 15 is 0 Å². The molecule has 5 aromatic rings. The Labute approximate surface area is 145 Å². The Morgan fingerprint density at radius 2 is 1.08 bits per heavy atom. The second-order valence-corrected chi connectivity index (χ2v) is 5.26. The van der Waals surface area contributed by atoms with Crippen molar-refractivity contribution < 1.29 is 9.68 Å². The zero-order valence-electron chi connectivity index (χ0n) is 13.2. The van der Waals surface area contributed by atoms with E-state index in [1.165, 1.54) is 22.1 Å². The Balaban J connectivity index is 1.37. The lowest BCUT2D eigenvalue weighted by Crippen LogP contribution is -2.06. The van der Waals surface area contributed by atoms with Crippen LogP contribution in [0.5, 0.6) is 11.5 Å². The predicted molar refractivity (Wildman–Crippen MR) is 89.1 cm³/mol. The van der Waals surface area contributed by atoms with Gasteiger partial charge in [-0.25, -0.2) is 29.9 Å². The number of fused-ring (bicyclic) bond motifs is 2. The molecule has 10 heteroatoms. The molecular weight excluding hydrogens is 336 g/mol. The molecule has 10 nitrogen and oxygen atoms in total. The second kappa shape index (κ2) is 5.77. The van der Waals surface area contributed by atoms with Crippen molar-refractivity contribution in [2.75, 3.05) is 0 Å². The van der Waals surface area contributed by atoms with Crippen LogP contribution in [0.3, 0.4) is 0 Å². The summed E-state index contributed by atoms with van der Waals surface area (Å²) in [5.41, 5.74) is 2.48. The zero-order chi connectivity index (χ0) is 17.3. The number of aromatic nitrogens is 8. The fourth-order valence-electron chi connectivity index (χ4n) is 2.41. The molecule has 5 rings (SSSR count). The van der Waals surface area contributed by atoms with E-state index in [4.69, 9.17) is 9.68 Å². The standard InChI is InChI=1S/C16H10N8O2/c1-2-12(26-24-10-22-14-6-18-8-20-16(14)24)4-3-11(1)25-23-9-21-13-5-17-7-19-15(13)23/h1-10H. The third kappa shape index (κ3) is 2.45. The summed E-state index contributed by atoms with van der Waals surface area (Å²) in [6.45, 7) is 0. The van der Waals surface area contributed by atoms with Crippen LogP contribution >= 0.6 is 0 Å². The van der Waals surface area contributed by atoms with E-state index in [0.717, 1.165) is 0 Å². The van der Waals surface area contributed by atoms with Gasteiger partial charge in [-0.3, -0.25) is 0 Å². The van der Waals surface area contributed by atoms with E-state index in [1.54, 1.807) is 49.3 Å². The number of benzene rings is 1. The highest BCUT2D eigenvalue weighted by Crippen LogP contribution is 2.20. The Morgan fingerprint density at radius 1 is 0.615 bits per heavy atom. The summed E-state index contributed by atoms with van der Waals surface area (Å²) in [6, 6.07) is 7.10. The van der Waals surface area contributed by atoms with Crippen molar-refractivity contribution in [2.24, 2.45) is 0 Å². The molecule has 1 aromatic carbocycles. The zero-order valence-corrected chi connectivity index (χ0v) is 13.2. The largest absolute Gasteiger partial charge is 0.372 e. The van der Waals surface area contributed by atoms with Crippen molar-refractivity contribution in [1.82, 2.24) is 39.4 Å². The van der Waals surface area contributed by atoms with Crippen LogP contribution in [0.1, 0.15) is 0 Å². The molecule has 0 saturated carbocycles. The maximum atomic E-state index is 5.76. The minimum atomic E-state index is 0.588. The first-order valence-corrected chi connectivity index (χ1v) is 7.60. The minimum absolute atomic E-state index is 0.588. The Hall–Kier alpha value is -4.08. The highest BCUT2D eigenvalue weighted by Gasteiger charge is 2.08. The highest BCUT2D eigenvalue weighted by atomic mass is 16.7. The van der Waals surface area contributed by atoms with Crippen molar-refractivity contribution in [3.63, 3.8) is 0 Å². The summed E-state index contributed by atoms with van der Waals surface area (Å²) >= 11 is 0. The molecule has 0 spiro atoms. The van der Waals surface area contributed by atoms with Crippen LogP contribution in [0.25, 0.3) is 22.3 Å². The third-order valence-corrected chi connectivity index (χ3v) is 3.60. The summed E-state index contributed by atoms with van der Waals surface area (Å²) in [5, 5.41) is 0. The van der Waals surface area contributed by atoms with Crippen LogP contribution in [0.4, 0.5) is 0 Å². The highest BCUT2D eigenvalue weighted by molar-refractivity contribution is 5.69. The molecule has 0 radical (unpaired) electrons. The number of nitrogens with zero attached hydrogens (tertiary/aromatic N) is 8. The average Bonchev–Trinajstić information content (AvgIpc) is 3.28. The first kappa shape index (κ1) is 14.3. The molecule has 0 amide bonds. The molecule has 0 saturated heterocycles. The molecule has 0 bridgehead atoms. The van der Waals surface area contributed by atoms with Crippen LogP contribution in [0, 0.1) is 0 Å². The van der Waals surface area contributed by atoms with E-state index in [2.05, 4.69) is 29.9 Å². The normalized spacial score (nSPS) is 11.1. The smallest absolute Gasteiger partial charge is 0.199 e. The van der Waals surface area contributed by atoms with Crippen molar-refractivity contribution in [2.45, 2.75) is 0 Å². The third-order valence-electron chi connectivity index (χ3n) is 3.60. The molecule has 0 atom stereocenters. The van der Waals surface area contributed by atoms with Gasteiger partial charge in [-0.2, -0.15) is 0 Å². The number of rotatable bonds is 4. The molecule has 126 valence electrons. The van der Waals surface area contributed by atoms with Crippen LogP contribution in [0.2, 0.25) is 0 Å². The van der Waals surface area contributed by atoms with Gasteiger partial charge < -0.3 is 9.68 Å². The number of imidazole rings is 2. The van der Waals surface area contributed by atoms with Crippen LogP contribution < -0.4 is 9.68 Å².